The molecular formula is C17H27NO. The molecular weight excluding hydrogens is 234 g/mol. The third kappa shape index (κ3) is 3.80. The van der Waals surface area contributed by atoms with Crippen molar-refractivity contribution in [2.24, 2.45) is 11.3 Å². The molecule has 19 heavy (non-hydrogen) atoms. The minimum atomic E-state index is 0.260. The second-order valence-corrected chi connectivity index (χ2v) is 6.31. The zero-order chi connectivity index (χ0) is 13.7. The predicted molar refractivity (Wildman–Crippen MR) is 80.3 cm³/mol. The first kappa shape index (κ1) is 14.5. The molecule has 1 fully saturated rings. The molecule has 0 saturated carbocycles. The fraction of sp³-hybridized carbons (Fsp3) is 0.647. The SMILES string of the molecule is CC(C)CNCC1(Cc2ccccc2)CCOC1C. The highest BCUT2D eigenvalue weighted by atomic mass is 16.5. The summed E-state index contributed by atoms with van der Waals surface area (Å²) in [5, 5.41) is 3.64. The van der Waals surface area contributed by atoms with E-state index in [0.29, 0.717) is 12.0 Å². The van der Waals surface area contributed by atoms with Crippen LogP contribution in [-0.4, -0.2) is 25.8 Å². The number of hydrogen-bond donors (Lipinski definition) is 1. The molecule has 1 aliphatic rings. The van der Waals surface area contributed by atoms with Gasteiger partial charge in [-0.3, -0.25) is 0 Å². The fourth-order valence-corrected chi connectivity index (χ4v) is 2.96. The lowest BCUT2D eigenvalue weighted by molar-refractivity contribution is 0.0627. The van der Waals surface area contributed by atoms with Gasteiger partial charge in [-0.25, -0.2) is 0 Å². The van der Waals surface area contributed by atoms with Crippen LogP contribution in [-0.2, 0) is 11.2 Å². The molecule has 0 spiro atoms. The van der Waals surface area contributed by atoms with E-state index in [-0.39, 0.29) is 5.41 Å². The number of hydrogen-bond acceptors (Lipinski definition) is 2. The van der Waals surface area contributed by atoms with E-state index >= 15 is 0 Å². The molecule has 2 rings (SSSR count). The third-order valence-electron chi connectivity index (χ3n) is 4.26. The molecule has 2 unspecified atom stereocenters. The van der Waals surface area contributed by atoms with E-state index in [2.05, 4.69) is 56.4 Å². The quantitative estimate of drug-likeness (QED) is 0.848. The summed E-state index contributed by atoms with van der Waals surface area (Å²) in [6, 6.07) is 10.8. The van der Waals surface area contributed by atoms with E-state index < -0.39 is 0 Å². The van der Waals surface area contributed by atoms with Gasteiger partial charge >= 0.3 is 0 Å². The summed E-state index contributed by atoms with van der Waals surface area (Å²) in [5.74, 6) is 0.700. The van der Waals surface area contributed by atoms with Gasteiger partial charge in [-0.05, 0) is 37.8 Å². The summed E-state index contributed by atoms with van der Waals surface area (Å²) in [6.07, 6.45) is 2.61. The standard InChI is InChI=1S/C17H27NO/c1-14(2)12-18-13-17(9-10-19-15(17)3)11-16-7-5-4-6-8-16/h4-8,14-15,18H,9-13H2,1-3H3. The van der Waals surface area contributed by atoms with Crippen LogP contribution in [0.25, 0.3) is 0 Å². The van der Waals surface area contributed by atoms with Crippen LogP contribution in [0.1, 0.15) is 32.8 Å². The average molecular weight is 261 g/mol. The molecule has 2 heteroatoms. The zero-order valence-electron chi connectivity index (χ0n) is 12.5. The summed E-state index contributed by atoms with van der Waals surface area (Å²) in [4.78, 5) is 0. The zero-order valence-corrected chi connectivity index (χ0v) is 12.5. The van der Waals surface area contributed by atoms with Gasteiger partial charge in [0.2, 0.25) is 0 Å². The number of ether oxygens (including phenoxy) is 1. The lowest BCUT2D eigenvalue weighted by Gasteiger charge is -2.33. The van der Waals surface area contributed by atoms with Crippen molar-refractivity contribution in [1.29, 1.82) is 0 Å². The van der Waals surface area contributed by atoms with Gasteiger partial charge in [-0.15, -0.1) is 0 Å². The smallest absolute Gasteiger partial charge is 0.0619 e. The van der Waals surface area contributed by atoms with Crippen LogP contribution < -0.4 is 5.32 Å². The highest BCUT2D eigenvalue weighted by Gasteiger charge is 2.41. The molecule has 1 aromatic carbocycles. The first-order chi connectivity index (χ1) is 9.12. The Bertz CT molecular complexity index is 376. The Morgan fingerprint density at radius 3 is 2.63 bits per heavy atom. The van der Waals surface area contributed by atoms with Crippen molar-refractivity contribution >= 4 is 0 Å². The van der Waals surface area contributed by atoms with Gasteiger partial charge < -0.3 is 10.1 Å². The van der Waals surface area contributed by atoms with Gasteiger partial charge in [-0.1, -0.05) is 44.2 Å². The maximum Gasteiger partial charge on any atom is 0.0619 e. The topological polar surface area (TPSA) is 21.3 Å². The van der Waals surface area contributed by atoms with Gasteiger partial charge in [0, 0.05) is 18.6 Å². The van der Waals surface area contributed by atoms with E-state index in [1.165, 1.54) is 5.56 Å². The maximum atomic E-state index is 5.86. The van der Waals surface area contributed by atoms with Crippen LogP contribution in [0, 0.1) is 11.3 Å². The lowest BCUT2D eigenvalue weighted by Crippen LogP contribution is -2.42. The first-order valence-corrected chi connectivity index (χ1v) is 7.49. The Labute approximate surface area is 117 Å². The first-order valence-electron chi connectivity index (χ1n) is 7.49. The molecule has 2 atom stereocenters. The van der Waals surface area contributed by atoms with Gasteiger partial charge in [0.25, 0.3) is 0 Å². The van der Waals surface area contributed by atoms with Crippen molar-refractivity contribution in [2.45, 2.75) is 39.7 Å². The summed E-state index contributed by atoms with van der Waals surface area (Å²) < 4.78 is 5.86. The Hall–Kier alpha value is -0.860. The van der Waals surface area contributed by atoms with Crippen molar-refractivity contribution in [3.63, 3.8) is 0 Å². The molecule has 0 aromatic heterocycles. The normalized spacial score (nSPS) is 27.1. The van der Waals surface area contributed by atoms with Crippen molar-refractivity contribution in [1.82, 2.24) is 5.32 Å². The molecule has 0 aliphatic carbocycles. The van der Waals surface area contributed by atoms with Crippen LogP contribution >= 0.6 is 0 Å². The average Bonchev–Trinajstić information content (AvgIpc) is 2.72. The predicted octanol–water partition coefficient (Wildman–Crippen LogP) is 3.27. The molecule has 106 valence electrons. The molecule has 1 saturated heterocycles. The second-order valence-electron chi connectivity index (χ2n) is 6.31. The summed E-state index contributed by atoms with van der Waals surface area (Å²) in [5.41, 5.74) is 1.68. The Morgan fingerprint density at radius 2 is 2.05 bits per heavy atom. The van der Waals surface area contributed by atoms with Crippen LogP contribution in [0.4, 0.5) is 0 Å². The Kier molecular flexibility index (Phi) is 5.00. The van der Waals surface area contributed by atoms with Crippen molar-refractivity contribution in [3.8, 4) is 0 Å². The molecule has 2 nitrogen and oxygen atoms in total. The summed E-state index contributed by atoms with van der Waals surface area (Å²) >= 11 is 0. The van der Waals surface area contributed by atoms with Crippen LogP contribution in [0.3, 0.4) is 0 Å². The minimum absolute atomic E-state index is 0.260. The molecule has 1 aromatic rings. The van der Waals surface area contributed by atoms with E-state index in [9.17, 15) is 0 Å². The number of benzene rings is 1. The van der Waals surface area contributed by atoms with Crippen molar-refractivity contribution in [2.75, 3.05) is 19.7 Å². The molecule has 1 heterocycles. The Morgan fingerprint density at radius 1 is 1.32 bits per heavy atom. The summed E-state index contributed by atoms with van der Waals surface area (Å²) in [7, 11) is 0. The van der Waals surface area contributed by atoms with Crippen molar-refractivity contribution < 1.29 is 4.74 Å². The Balaban J connectivity index is 2.03. The molecule has 0 bridgehead atoms. The van der Waals surface area contributed by atoms with E-state index in [1.54, 1.807) is 0 Å². The van der Waals surface area contributed by atoms with E-state index in [0.717, 1.165) is 32.5 Å². The van der Waals surface area contributed by atoms with E-state index in [1.807, 2.05) is 0 Å². The fourth-order valence-electron chi connectivity index (χ4n) is 2.96. The molecule has 0 amide bonds. The van der Waals surface area contributed by atoms with Crippen LogP contribution in [0.2, 0.25) is 0 Å². The van der Waals surface area contributed by atoms with Crippen LogP contribution in [0.5, 0.6) is 0 Å². The van der Waals surface area contributed by atoms with Crippen molar-refractivity contribution in [3.05, 3.63) is 35.9 Å². The number of nitrogens with one attached hydrogen (secondary N) is 1. The lowest BCUT2D eigenvalue weighted by atomic mass is 9.76. The van der Waals surface area contributed by atoms with Gasteiger partial charge in [-0.2, -0.15) is 0 Å². The monoisotopic (exact) mass is 261 g/mol. The molecule has 1 aliphatic heterocycles. The van der Waals surface area contributed by atoms with Gasteiger partial charge in [0.1, 0.15) is 0 Å². The highest BCUT2D eigenvalue weighted by molar-refractivity contribution is 5.18. The highest BCUT2D eigenvalue weighted by Crippen LogP contribution is 2.37. The van der Waals surface area contributed by atoms with Crippen LogP contribution in [0.15, 0.2) is 30.3 Å². The largest absolute Gasteiger partial charge is 0.378 e. The second kappa shape index (κ2) is 6.53. The third-order valence-corrected chi connectivity index (χ3v) is 4.26. The van der Waals surface area contributed by atoms with E-state index in [4.69, 9.17) is 4.74 Å². The van der Waals surface area contributed by atoms with Gasteiger partial charge in [0.15, 0.2) is 0 Å². The summed E-state index contributed by atoms with van der Waals surface area (Å²) in [6.45, 7) is 9.78. The van der Waals surface area contributed by atoms with Gasteiger partial charge in [0.05, 0.1) is 6.10 Å². The molecule has 0 radical (unpaired) electrons. The molecule has 1 N–H and O–H groups in total. The maximum absolute atomic E-state index is 5.86. The number of rotatable bonds is 6. The minimum Gasteiger partial charge on any atom is -0.378 e.